The fourth-order valence-corrected chi connectivity index (χ4v) is 3.37. The third-order valence-corrected chi connectivity index (χ3v) is 5.10. The van der Waals surface area contributed by atoms with Crippen molar-refractivity contribution in [2.45, 2.75) is 51.0 Å². The maximum Gasteiger partial charge on any atom is 0.0159 e. The quantitative estimate of drug-likeness (QED) is 0.905. The average Bonchev–Trinajstić information content (AvgIpc) is 2.42. The molecule has 0 radical (unpaired) electrons. The van der Waals surface area contributed by atoms with Crippen LogP contribution in [0.5, 0.6) is 0 Å². The van der Waals surface area contributed by atoms with Crippen LogP contribution in [0.15, 0.2) is 24.3 Å². The highest BCUT2D eigenvalue weighted by Crippen LogP contribution is 2.41. The number of hydrogen-bond acceptors (Lipinski definition) is 2. The van der Waals surface area contributed by atoms with Crippen molar-refractivity contribution in [2.75, 3.05) is 20.1 Å². The van der Waals surface area contributed by atoms with E-state index < -0.39 is 0 Å². The molecule has 1 aliphatic rings. The minimum Gasteiger partial charge on any atom is -0.330 e. The van der Waals surface area contributed by atoms with Crippen LogP contribution in [-0.2, 0) is 11.8 Å². The van der Waals surface area contributed by atoms with Crippen molar-refractivity contribution in [3.05, 3.63) is 35.4 Å². The third-order valence-electron chi connectivity index (χ3n) is 5.10. The summed E-state index contributed by atoms with van der Waals surface area (Å²) in [6.45, 7) is 8.73. The Labute approximate surface area is 118 Å². The standard InChI is InChI=1S/C17H28N2/c1-5-14-6-8-15(9-7-14)17(13-18)10-11-19(4)16(2,3)12-17/h6-9H,5,10-13,18H2,1-4H3. The third kappa shape index (κ3) is 2.70. The van der Waals surface area contributed by atoms with E-state index in [2.05, 4.69) is 57.0 Å². The minimum absolute atomic E-state index is 0.155. The lowest BCUT2D eigenvalue weighted by Crippen LogP contribution is -2.55. The van der Waals surface area contributed by atoms with Gasteiger partial charge in [-0.25, -0.2) is 0 Å². The van der Waals surface area contributed by atoms with Gasteiger partial charge in [0.25, 0.3) is 0 Å². The van der Waals surface area contributed by atoms with Gasteiger partial charge in [-0.3, -0.25) is 0 Å². The molecular weight excluding hydrogens is 232 g/mol. The van der Waals surface area contributed by atoms with Gasteiger partial charge in [-0.15, -0.1) is 0 Å². The van der Waals surface area contributed by atoms with E-state index in [1.807, 2.05) is 0 Å². The van der Waals surface area contributed by atoms with Crippen LogP contribution in [0.3, 0.4) is 0 Å². The Balaban J connectivity index is 2.32. The highest BCUT2D eigenvalue weighted by molar-refractivity contribution is 5.31. The summed E-state index contributed by atoms with van der Waals surface area (Å²) in [6.07, 6.45) is 3.40. The molecule has 1 aromatic rings. The van der Waals surface area contributed by atoms with E-state index in [9.17, 15) is 0 Å². The number of aryl methyl sites for hydroxylation is 1. The lowest BCUT2D eigenvalue weighted by Gasteiger charge is -2.50. The predicted molar refractivity (Wildman–Crippen MR) is 82.5 cm³/mol. The molecule has 19 heavy (non-hydrogen) atoms. The molecule has 1 saturated heterocycles. The fourth-order valence-electron chi connectivity index (χ4n) is 3.37. The van der Waals surface area contributed by atoms with Gasteiger partial charge >= 0.3 is 0 Å². The minimum atomic E-state index is 0.155. The predicted octanol–water partition coefficient (Wildman–Crippen LogP) is 2.95. The van der Waals surface area contributed by atoms with Crippen molar-refractivity contribution in [2.24, 2.45) is 5.73 Å². The largest absolute Gasteiger partial charge is 0.330 e. The molecule has 0 aliphatic carbocycles. The van der Waals surface area contributed by atoms with Gasteiger partial charge in [-0.1, -0.05) is 31.2 Å². The summed E-state index contributed by atoms with van der Waals surface area (Å²) in [5.41, 5.74) is 9.40. The van der Waals surface area contributed by atoms with E-state index in [-0.39, 0.29) is 11.0 Å². The fraction of sp³-hybridized carbons (Fsp3) is 0.647. The van der Waals surface area contributed by atoms with Crippen LogP contribution in [0, 0.1) is 0 Å². The number of rotatable bonds is 3. The van der Waals surface area contributed by atoms with Gasteiger partial charge in [0.1, 0.15) is 0 Å². The normalized spacial score (nSPS) is 27.4. The van der Waals surface area contributed by atoms with Crippen molar-refractivity contribution >= 4 is 0 Å². The summed E-state index contributed by atoms with van der Waals surface area (Å²) in [7, 11) is 2.22. The van der Waals surface area contributed by atoms with Crippen LogP contribution in [0.1, 0.15) is 44.7 Å². The van der Waals surface area contributed by atoms with E-state index in [1.54, 1.807) is 0 Å². The summed E-state index contributed by atoms with van der Waals surface area (Å²) in [5, 5.41) is 0. The smallest absolute Gasteiger partial charge is 0.0159 e. The van der Waals surface area contributed by atoms with Gasteiger partial charge in [-0.05, 0) is 57.8 Å². The lowest BCUT2D eigenvalue weighted by atomic mass is 9.67. The van der Waals surface area contributed by atoms with Crippen LogP contribution >= 0.6 is 0 Å². The summed E-state index contributed by atoms with van der Waals surface area (Å²) in [4.78, 5) is 2.46. The van der Waals surface area contributed by atoms with E-state index in [0.717, 1.165) is 32.4 Å². The number of hydrogen-bond donors (Lipinski definition) is 1. The Morgan fingerprint density at radius 1 is 1.21 bits per heavy atom. The molecule has 1 aliphatic heterocycles. The van der Waals surface area contributed by atoms with Crippen LogP contribution in [0.25, 0.3) is 0 Å². The molecule has 2 rings (SSSR count). The highest BCUT2D eigenvalue weighted by Gasteiger charge is 2.42. The second kappa shape index (κ2) is 5.26. The molecule has 0 amide bonds. The SMILES string of the molecule is CCc1ccc(C2(CN)CCN(C)C(C)(C)C2)cc1. The molecule has 1 atom stereocenters. The van der Waals surface area contributed by atoms with E-state index in [1.165, 1.54) is 11.1 Å². The first-order valence-electron chi connectivity index (χ1n) is 7.44. The Bertz CT molecular complexity index is 421. The van der Waals surface area contributed by atoms with Gasteiger partial charge in [0.2, 0.25) is 0 Å². The Hall–Kier alpha value is -0.860. The summed E-state index contributed by atoms with van der Waals surface area (Å²) >= 11 is 0. The molecular formula is C17H28N2. The zero-order chi connectivity index (χ0) is 14.1. The van der Waals surface area contributed by atoms with Crippen LogP contribution < -0.4 is 5.73 Å². The molecule has 0 bridgehead atoms. The van der Waals surface area contributed by atoms with Crippen molar-refractivity contribution in [1.29, 1.82) is 0 Å². The molecule has 2 heteroatoms. The summed E-state index contributed by atoms with van der Waals surface area (Å²) < 4.78 is 0. The molecule has 2 nitrogen and oxygen atoms in total. The van der Waals surface area contributed by atoms with Crippen molar-refractivity contribution < 1.29 is 0 Å². The highest BCUT2D eigenvalue weighted by atomic mass is 15.2. The zero-order valence-corrected chi connectivity index (χ0v) is 12.9. The van der Waals surface area contributed by atoms with Crippen molar-refractivity contribution in [3.63, 3.8) is 0 Å². The molecule has 1 fully saturated rings. The summed E-state index contributed by atoms with van der Waals surface area (Å²) in [6, 6.07) is 9.12. The first-order valence-corrected chi connectivity index (χ1v) is 7.44. The first kappa shape index (κ1) is 14.5. The molecule has 0 aromatic heterocycles. The van der Waals surface area contributed by atoms with Gasteiger partial charge < -0.3 is 10.6 Å². The maximum absolute atomic E-state index is 6.19. The zero-order valence-electron chi connectivity index (χ0n) is 12.9. The maximum atomic E-state index is 6.19. The van der Waals surface area contributed by atoms with Crippen LogP contribution in [0.4, 0.5) is 0 Å². The number of benzene rings is 1. The molecule has 1 heterocycles. The van der Waals surface area contributed by atoms with E-state index in [4.69, 9.17) is 5.73 Å². The summed E-state index contributed by atoms with van der Waals surface area (Å²) in [5.74, 6) is 0. The van der Waals surface area contributed by atoms with Gasteiger partial charge in [0, 0.05) is 17.5 Å². The molecule has 1 unspecified atom stereocenters. The van der Waals surface area contributed by atoms with Gasteiger partial charge in [-0.2, -0.15) is 0 Å². The Kier molecular flexibility index (Phi) is 4.03. The molecule has 0 spiro atoms. The number of likely N-dealkylation sites (tertiary alicyclic amines) is 1. The van der Waals surface area contributed by atoms with Crippen LogP contribution in [-0.4, -0.2) is 30.6 Å². The molecule has 106 valence electrons. The topological polar surface area (TPSA) is 29.3 Å². The van der Waals surface area contributed by atoms with Gasteiger partial charge in [0.05, 0.1) is 0 Å². The average molecular weight is 260 g/mol. The van der Waals surface area contributed by atoms with Crippen molar-refractivity contribution in [1.82, 2.24) is 4.90 Å². The van der Waals surface area contributed by atoms with Crippen LogP contribution in [0.2, 0.25) is 0 Å². The number of nitrogens with two attached hydrogens (primary N) is 1. The second-order valence-electron chi connectivity index (χ2n) is 6.70. The van der Waals surface area contributed by atoms with E-state index >= 15 is 0 Å². The Morgan fingerprint density at radius 3 is 2.32 bits per heavy atom. The second-order valence-corrected chi connectivity index (χ2v) is 6.70. The molecule has 0 saturated carbocycles. The van der Waals surface area contributed by atoms with E-state index in [0.29, 0.717) is 0 Å². The first-order chi connectivity index (χ1) is 8.93. The molecule has 1 aromatic carbocycles. The number of nitrogens with zero attached hydrogens (tertiary/aromatic N) is 1. The molecule has 2 N–H and O–H groups in total. The lowest BCUT2D eigenvalue weighted by molar-refractivity contribution is 0.0567. The van der Waals surface area contributed by atoms with Crippen molar-refractivity contribution in [3.8, 4) is 0 Å². The van der Waals surface area contributed by atoms with Gasteiger partial charge in [0.15, 0.2) is 0 Å². The monoisotopic (exact) mass is 260 g/mol. The Morgan fingerprint density at radius 2 is 1.84 bits per heavy atom. The number of piperidine rings is 1.